The Kier molecular flexibility index (Phi) is 61.2. The van der Waals surface area contributed by atoms with E-state index in [9.17, 15) is 47.3 Å². The molecule has 2 amide bonds. The van der Waals surface area contributed by atoms with Gasteiger partial charge >= 0.3 is 5.91 Å². The van der Waals surface area contributed by atoms with Crippen LogP contribution in [0.15, 0.2) is 211 Å². The summed E-state index contributed by atoms with van der Waals surface area (Å²) in [7, 11) is 21.5. The molecule has 14 rings (SSSR count). The minimum Gasteiger partial charge on any atom is -0.411 e. The van der Waals surface area contributed by atoms with E-state index in [1.54, 1.807) is 196 Å². The maximum atomic E-state index is 14.8. The number of allylic oxidation sites excluding steroid dienone is 4. The van der Waals surface area contributed by atoms with Crippen LogP contribution in [0.25, 0.3) is 0 Å². The van der Waals surface area contributed by atoms with Gasteiger partial charge in [-0.15, -0.1) is 24.9 Å². The van der Waals surface area contributed by atoms with Gasteiger partial charge in [0.2, 0.25) is 0 Å². The molecule has 30 nitrogen and oxygen atoms in total. The number of aliphatic hydroxyl groups excluding tert-OH is 3. The van der Waals surface area contributed by atoms with E-state index in [2.05, 4.69) is 57.6 Å². The molecular formula is C113H163F4N8O22S2+. The van der Waals surface area contributed by atoms with Crippen molar-refractivity contribution in [3.05, 3.63) is 252 Å². The van der Waals surface area contributed by atoms with Crippen LogP contribution in [0.4, 0.5) is 17.6 Å². The number of ether oxygens (including phenoxy) is 13. The maximum Gasteiger partial charge on any atom is 0.314 e. The highest BCUT2D eigenvalue weighted by atomic mass is 32.2. The van der Waals surface area contributed by atoms with Crippen molar-refractivity contribution < 1.29 is 124 Å². The predicted octanol–water partition coefficient (Wildman–Crippen LogP) is 18.1. The van der Waals surface area contributed by atoms with E-state index in [0.29, 0.717) is 122 Å². The number of halogens is 4. The minimum absolute atomic E-state index is 0.0265. The number of carbonyl (C=O) groups excluding carboxylic acids is 3. The van der Waals surface area contributed by atoms with E-state index in [4.69, 9.17) is 99.4 Å². The molecular weight excluding hydrogens is 1960 g/mol. The molecule has 5 aromatic carbocycles. The molecule has 3 aliphatic heterocycles. The van der Waals surface area contributed by atoms with E-state index in [1.165, 1.54) is 48.0 Å². The van der Waals surface area contributed by atoms with Gasteiger partial charge in [0, 0.05) is 218 Å². The van der Waals surface area contributed by atoms with Crippen LogP contribution in [0.2, 0.25) is 0 Å². The monoisotopic (exact) mass is 2120 g/mol. The quantitative estimate of drug-likeness (QED) is 0.00202. The van der Waals surface area contributed by atoms with Crippen LogP contribution in [0.3, 0.4) is 0 Å². The number of amidine groups is 1. The topological polar surface area (TPSA) is 382 Å². The van der Waals surface area contributed by atoms with Gasteiger partial charge in [0.25, 0.3) is 5.91 Å². The lowest BCUT2D eigenvalue weighted by molar-refractivity contribution is -0.118. The van der Waals surface area contributed by atoms with Gasteiger partial charge in [0.15, 0.2) is 34.7 Å². The molecule has 0 spiro atoms. The zero-order valence-electron chi connectivity index (χ0n) is 89.0. The number of oxime groups is 2. The zero-order chi connectivity index (χ0) is 109. The van der Waals surface area contributed by atoms with Crippen molar-refractivity contribution in [2.45, 2.75) is 257 Å². The summed E-state index contributed by atoms with van der Waals surface area (Å²) in [4.78, 5) is 50.2. The number of benzene rings is 5. The largest absolute Gasteiger partial charge is 0.411 e. The lowest BCUT2D eigenvalue weighted by atomic mass is 9.68. The van der Waals surface area contributed by atoms with E-state index in [1.807, 2.05) is 42.5 Å². The number of aliphatic hydroxyl groups is 3. The Balaban J connectivity index is 0.000000263. The second-order valence-electron chi connectivity index (χ2n) is 37.3. The number of aliphatic imine (C=N–C) groups is 1. The molecule has 0 bridgehead atoms. The predicted molar refractivity (Wildman–Crippen MR) is 575 cm³/mol. The van der Waals surface area contributed by atoms with Crippen molar-refractivity contribution in [2.24, 2.45) is 50.6 Å². The average Bonchev–Trinajstić information content (AvgIpc) is 1.72. The van der Waals surface area contributed by atoms with Crippen LogP contribution < -0.4 is 27.2 Å². The second kappa shape index (κ2) is 71.0. The summed E-state index contributed by atoms with van der Waals surface area (Å²) >= 11 is 6.92. The number of hydrogen-bond donors (Lipinski definition) is 9. The van der Waals surface area contributed by atoms with Crippen molar-refractivity contribution in [1.29, 1.82) is 0 Å². The number of thiocarbonyl (C=S) groups is 1. The minimum atomic E-state index is -0.948. The van der Waals surface area contributed by atoms with Gasteiger partial charge in [-0.05, 0) is 190 Å². The molecule has 826 valence electrons. The molecule has 17 atom stereocenters. The summed E-state index contributed by atoms with van der Waals surface area (Å²) in [6, 6.07) is 35.6. The fourth-order valence-electron chi connectivity index (χ4n) is 19.7. The SMILES string of the molecule is C=CCC(CCC(OC)OC)OC.C=CCC(CCC=NO)OC.C=CCC(O)CCC(OC)OC.COC(CCC=O)OC.COC1CCC(N)(c2ccccc2F)[C@H](CO)C1.COC1CCC(NC(=S)NC(=O)c2ccccc2)(c2ccccc2F)[C@H](CO)C1.COC1CCC2(c3ccccc3F)NOC[C@@H]2C1.COC1CCC2=NOCC2C1.CO[C@H]1CCC2(c3ccccc3F)N=C(NC(=O)C3=CC=C[C+]=C3)SC[C@@H]2C1. The Morgan fingerprint density at radius 3 is 1.60 bits per heavy atom. The molecule has 6 fully saturated rings. The van der Waals surface area contributed by atoms with Crippen molar-refractivity contribution in [3.63, 3.8) is 0 Å². The van der Waals surface area contributed by atoms with Gasteiger partial charge in [0.05, 0.1) is 83.8 Å². The number of hydrogen-bond acceptors (Lipinski definition) is 29. The van der Waals surface area contributed by atoms with Crippen LogP contribution in [0.1, 0.15) is 200 Å². The highest BCUT2D eigenvalue weighted by Crippen LogP contribution is 2.52. The molecule has 9 aliphatic rings. The van der Waals surface area contributed by atoms with E-state index >= 15 is 0 Å². The number of amides is 2. The molecule has 10 N–H and O–H groups in total. The summed E-state index contributed by atoms with van der Waals surface area (Å²) in [6.45, 7) is 12.0. The van der Waals surface area contributed by atoms with Crippen molar-refractivity contribution in [1.82, 2.24) is 21.4 Å². The number of rotatable bonds is 40. The summed E-state index contributed by atoms with van der Waals surface area (Å²) in [5, 5.41) is 53.3. The van der Waals surface area contributed by atoms with Crippen LogP contribution >= 0.6 is 24.0 Å². The number of fused-ring (bicyclic) bond motifs is 3. The summed E-state index contributed by atoms with van der Waals surface area (Å²) < 4.78 is 125. The van der Waals surface area contributed by atoms with Gasteiger partial charge in [-0.25, -0.2) is 17.6 Å². The van der Waals surface area contributed by atoms with Gasteiger partial charge in [-0.3, -0.25) is 25.2 Å². The number of nitrogens with one attached hydrogen (secondary N) is 4. The van der Waals surface area contributed by atoms with Gasteiger partial charge in [0.1, 0.15) is 48.3 Å². The molecule has 0 radical (unpaired) electrons. The van der Waals surface area contributed by atoms with Crippen LogP contribution in [0, 0.1) is 58.9 Å². The molecule has 36 heteroatoms. The Morgan fingerprint density at radius 1 is 0.570 bits per heavy atom. The van der Waals surface area contributed by atoms with Crippen molar-refractivity contribution >= 4 is 64.3 Å². The number of carbonyl (C=O) groups is 3. The standard InChI is InChI=1S/C22H25FN2O3S.C22H21FN2O2S.C14H18FNO2.C14H20FNO2.C10H20O3.C9H18O3.C8H13NO2.C8H15NO2.C6H12O3/c1-28-17-11-12-22(16(13-17)14-26,18-9-5-6-10-19(18)23)25-21(29)24-20(27)15-7-3-2-4-8-15;1-27-17-11-12-22(18-9-5-6-10-19(18)23)16(13-17)14-28-21(25-22)24-20(26)15-7-3-2-4-8-15;1-17-11-6-7-14(10(8-11)9-18-16-14)12-4-2-3-5-13(12)15;1-18-11-6-7-14(16,10(8-11)9-17)12-4-2-3-5-13(12)15;1-5-6-9(11-2)7-8-10(12-3)13-4;1-4-5-8(10)6-7-9(11-2)12-3;1-10-7-2-3-8-6(4-7)5-11-9-8;1-3-5-8(11-2)6-4-7-9-10;1-8-6(9-2)4-3-5-7/h2-10,16-17,26H,11-14H2,1H3,(H2,24,25,27,29);2-3,5-10,16-17H,11-14H2,1H3;2-5,10-11,16H,6-9H2,1H3;2-5,10-11,17H,6-9,16H2,1H3;5,9-10H,1,6-8H2,2-4H3;4,8-10H,1,5-7H2,2-3H3;6-7H,2-5H2,1H3;3,7-8,10H,1,4-6H2,2H3;5-6H,3-4H2,1-2H3/p+1/t16-,17?,22?;16-,17-,22?;2*10-,11?,14?;;;;;/m0000...../s1. The number of methoxy groups -OCH3 is 13. The Labute approximate surface area is 888 Å². The molecule has 1 saturated heterocycles. The van der Waals surface area contributed by atoms with Gasteiger partial charge in [-0.1, -0.05) is 126 Å². The third kappa shape index (κ3) is 40.4. The zero-order valence-corrected chi connectivity index (χ0v) is 90.6. The lowest BCUT2D eigenvalue weighted by Crippen LogP contribution is -2.58. The molecule has 12 unspecified atom stereocenters. The molecule has 6 aliphatic carbocycles. The maximum absolute atomic E-state index is 14.8. The third-order valence-electron chi connectivity index (χ3n) is 28.4. The van der Waals surface area contributed by atoms with E-state index in [-0.39, 0.29) is 144 Å². The molecule has 3 heterocycles. The first kappa shape index (κ1) is 129. The molecule has 5 saturated carbocycles. The fraction of sp³-hybridized carbons (Fsp3) is 0.566. The van der Waals surface area contributed by atoms with Crippen molar-refractivity contribution in [3.8, 4) is 0 Å². The van der Waals surface area contributed by atoms with Gasteiger partial charge < -0.3 is 108 Å². The number of nitrogens with zero attached hydrogens (tertiary/aromatic N) is 3. The Hall–Kier alpha value is -9.13. The smallest absolute Gasteiger partial charge is 0.314 e. The van der Waals surface area contributed by atoms with Crippen LogP contribution in [-0.2, 0) is 103 Å². The normalized spacial score (nSPS) is 24.7. The number of hydroxylamine groups is 1. The van der Waals surface area contributed by atoms with E-state index < -0.39 is 16.6 Å². The summed E-state index contributed by atoms with van der Waals surface area (Å²) in [5.74, 6) is -0.444. The third-order valence-corrected chi connectivity index (χ3v) is 29.7. The molecule has 0 aromatic heterocycles. The fourth-order valence-corrected chi connectivity index (χ4v) is 21.2. The van der Waals surface area contributed by atoms with Crippen LogP contribution in [-0.4, -0.2) is 253 Å². The summed E-state index contributed by atoms with van der Waals surface area (Å²) in [6.07, 6.45) is 38.3. The molecule has 149 heavy (non-hydrogen) atoms. The number of thioether (sulfide) groups is 1. The lowest BCUT2D eigenvalue weighted by Gasteiger charge is -2.47. The highest BCUT2D eigenvalue weighted by molar-refractivity contribution is 8.13. The Morgan fingerprint density at radius 2 is 1.07 bits per heavy atom. The second-order valence-corrected chi connectivity index (χ2v) is 38.7. The average molecular weight is 2130 g/mol. The van der Waals surface area contributed by atoms with Gasteiger partial charge in [-0.2, -0.15) is 5.48 Å². The summed E-state index contributed by atoms with van der Waals surface area (Å²) in [5.41, 5.74) is 11.2. The van der Waals surface area contributed by atoms with E-state index in [0.717, 1.165) is 121 Å². The first-order valence-electron chi connectivity index (χ1n) is 50.8. The first-order chi connectivity index (χ1) is 72.1. The number of nitrogens with two attached hydrogens (primary N) is 1. The van der Waals surface area contributed by atoms with Crippen molar-refractivity contribution in [2.75, 3.05) is 125 Å². The highest BCUT2D eigenvalue weighted by Gasteiger charge is 2.53. The van der Waals surface area contributed by atoms with Crippen LogP contribution in [0.5, 0.6) is 0 Å². The number of aldehydes is 1. The Bertz CT molecular complexity index is 4910. The molecule has 5 aromatic rings. The first-order valence-corrected chi connectivity index (χ1v) is 52.2.